The van der Waals surface area contributed by atoms with E-state index in [0.717, 1.165) is 35.4 Å². The topological polar surface area (TPSA) is 32.3 Å². The predicted octanol–water partition coefficient (Wildman–Crippen LogP) is 4.71. The fourth-order valence-electron chi connectivity index (χ4n) is 2.72. The number of aromatic nitrogens is 2. The zero-order valence-electron chi connectivity index (χ0n) is 14.3. The first-order chi connectivity index (χ1) is 11.7. The molecule has 24 heavy (non-hydrogen) atoms. The van der Waals surface area contributed by atoms with Gasteiger partial charge in [-0.1, -0.05) is 36.4 Å². The van der Waals surface area contributed by atoms with E-state index in [1.54, 1.807) is 0 Å². The Morgan fingerprint density at radius 2 is 1.33 bits per heavy atom. The molecule has 0 bridgehead atoms. The Balaban J connectivity index is 2.00. The number of hydrogen-bond donors (Lipinski definition) is 0. The maximum Gasteiger partial charge on any atom is 0.138 e. The van der Waals surface area contributed by atoms with Crippen LogP contribution >= 0.6 is 0 Å². The van der Waals surface area contributed by atoms with Gasteiger partial charge < -0.3 is 9.80 Å². The molecule has 122 valence electrons. The van der Waals surface area contributed by atoms with Gasteiger partial charge in [-0.25, -0.2) is 9.97 Å². The molecule has 0 saturated carbocycles. The van der Waals surface area contributed by atoms with Gasteiger partial charge in [-0.2, -0.15) is 0 Å². The number of benzene rings is 2. The summed E-state index contributed by atoms with van der Waals surface area (Å²) in [6.07, 6.45) is 0. The lowest BCUT2D eigenvalue weighted by Crippen LogP contribution is -2.20. The van der Waals surface area contributed by atoms with E-state index in [4.69, 9.17) is 0 Å². The van der Waals surface area contributed by atoms with Gasteiger partial charge in [0.15, 0.2) is 0 Å². The standard InChI is InChI=1S/C20H22N4/c1-4-24(18-13-9-6-10-14-18)20-15-19(21-16(2)22-20)23(3)17-11-7-5-8-12-17/h5-15H,4H2,1-3H3. The van der Waals surface area contributed by atoms with Gasteiger partial charge in [0.2, 0.25) is 0 Å². The summed E-state index contributed by atoms with van der Waals surface area (Å²) >= 11 is 0. The molecular weight excluding hydrogens is 296 g/mol. The van der Waals surface area contributed by atoms with Crippen LogP contribution in [0.2, 0.25) is 0 Å². The SMILES string of the molecule is CCN(c1ccccc1)c1cc(N(C)c2ccccc2)nc(C)n1. The Morgan fingerprint density at radius 3 is 1.92 bits per heavy atom. The summed E-state index contributed by atoms with van der Waals surface area (Å²) in [4.78, 5) is 13.5. The van der Waals surface area contributed by atoms with Crippen molar-refractivity contribution in [3.05, 3.63) is 72.6 Å². The van der Waals surface area contributed by atoms with Gasteiger partial charge in [-0.3, -0.25) is 0 Å². The van der Waals surface area contributed by atoms with Crippen LogP contribution in [0.5, 0.6) is 0 Å². The van der Waals surface area contributed by atoms with Crippen molar-refractivity contribution in [2.45, 2.75) is 13.8 Å². The zero-order valence-corrected chi connectivity index (χ0v) is 14.3. The minimum Gasteiger partial charge on any atom is -0.329 e. The summed E-state index contributed by atoms with van der Waals surface area (Å²) in [6, 6.07) is 22.6. The molecule has 3 aromatic rings. The van der Waals surface area contributed by atoms with Crippen molar-refractivity contribution in [1.29, 1.82) is 0 Å². The summed E-state index contributed by atoms with van der Waals surface area (Å²) in [5, 5.41) is 0. The Hall–Kier alpha value is -2.88. The Labute approximate surface area is 143 Å². The lowest BCUT2D eigenvalue weighted by Gasteiger charge is -2.25. The highest BCUT2D eigenvalue weighted by molar-refractivity contribution is 5.66. The van der Waals surface area contributed by atoms with E-state index < -0.39 is 0 Å². The smallest absolute Gasteiger partial charge is 0.138 e. The molecular formula is C20H22N4. The molecule has 0 radical (unpaired) electrons. The summed E-state index contributed by atoms with van der Waals surface area (Å²) < 4.78 is 0. The highest BCUT2D eigenvalue weighted by atomic mass is 15.2. The van der Waals surface area contributed by atoms with Crippen molar-refractivity contribution >= 4 is 23.0 Å². The minimum absolute atomic E-state index is 0.764. The number of para-hydroxylation sites is 2. The molecule has 0 saturated heterocycles. The van der Waals surface area contributed by atoms with E-state index in [1.165, 1.54) is 0 Å². The maximum absolute atomic E-state index is 4.65. The lowest BCUT2D eigenvalue weighted by molar-refractivity contribution is 0.941. The predicted molar refractivity (Wildman–Crippen MR) is 100 cm³/mol. The highest BCUT2D eigenvalue weighted by Crippen LogP contribution is 2.28. The first-order valence-corrected chi connectivity index (χ1v) is 8.16. The molecule has 0 amide bonds. The van der Waals surface area contributed by atoms with Crippen molar-refractivity contribution in [2.75, 3.05) is 23.4 Å². The molecule has 1 aromatic heterocycles. The van der Waals surface area contributed by atoms with Crippen LogP contribution in [0.4, 0.5) is 23.0 Å². The van der Waals surface area contributed by atoms with Crippen LogP contribution in [-0.4, -0.2) is 23.6 Å². The Kier molecular flexibility index (Phi) is 4.75. The third kappa shape index (κ3) is 3.38. The lowest BCUT2D eigenvalue weighted by atomic mass is 10.2. The van der Waals surface area contributed by atoms with Gasteiger partial charge >= 0.3 is 0 Å². The molecule has 0 spiro atoms. The molecule has 0 atom stereocenters. The van der Waals surface area contributed by atoms with Crippen molar-refractivity contribution < 1.29 is 0 Å². The summed E-state index contributed by atoms with van der Waals surface area (Å²) in [5.74, 6) is 2.56. The van der Waals surface area contributed by atoms with Crippen LogP contribution in [0.1, 0.15) is 12.7 Å². The van der Waals surface area contributed by atoms with Crippen LogP contribution in [0.15, 0.2) is 66.7 Å². The Bertz CT molecular complexity index is 787. The van der Waals surface area contributed by atoms with Crippen LogP contribution in [0, 0.1) is 6.92 Å². The van der Waals surface area contributed by atoms with E-state index in [9.17, 15) is 0 Å². The monoisotopic (exact) mass is 318 g/mol. The molecule has 0 aliphatic heterocycles. The normalized spacial score (nSPS) is 10.5. The largest absolute Gasteiger partial charge is 0.329 e. The second-order valence-electron chi connectivity index (χ2n) is 5.61. The van der Waals surface area contributed by atoms with Gasteiger partial charge in [0, 0.05) is 31.0 Å². The van der Waals surface area contributed by atoms with Crippen molar-refractivity contribution in [3.63, 3.8) is 0 Å². The van der Waals surface area contributed by atoms with Crippen LogP contribution in [0.25, 0.3) is 0 Å². The van der Waals surface area contributed by atoms with Crippen LogP contribution in [0.3, 0.4) is 0 Å². The van der Waals surface area contributed by atoms with Crippen molar-refractivity contribution in [1.82, 2.24) is 9.97 Å². The molecule has 0 N–H and O–H groups in total. The Morgan fingerprint density at radius 1 is 0.792 bits per heavy atom. The minimum atomic E-state index is 0.764. The van der Waals surface area contributed by atoms with Gasteiger partial charge in [0.1, 0.15) is 17.5 Å². The quantitative estimate of drug-likeness (QED) is 0.682. The third-order valence-electron chi connectivity index (χ3n) is 3.96. The van der Waals surface area contributed by atoms with Gasteiger partial charge in [0.25, 0.3) is 0 Å². The zero-order chi connectivity index (χ0) is 16.9. The van der Waals surface area contributed by atoms with Crippen LogP contribution in [-0.2, 0) is 0 Å². The summed E-state index contributed by atoms with van der Waals surface area (Å²) in [5.41, 5.74) is 2.23. The second-order valence-corrected chi connectivity index (χ2v) is 5.61. The fourth-order valence-corrected chi connectivity index (χ4v) is 2.72. The average Bonchev–Trinajstić information content (AvgIpc) is 2.63. The first kappa shape index (κ1) is 16.0. The van der Waals surface area contributed by atoms with E-state index in [-0.39, 0.29) is 0 Å². The fraction of sp³-hybridized carbons (Fsp3) is 0.200. The molecule has 4 heteroatoms. The van der Waals surface area contributed by atoms with Gasteiger partial charge in [-0.15, -0.1) is 0 Å². The molecule has 2 aromatic carbocycles. The highest BCUT2D eigenvalue weighted by Gasteiger charge is 2.13. The molecule has 3 rings (SSSR count). The van der Waals surface area contributed by atoms with E-state index in [0.29, 0.717) is 0 Å². The average molecular weight is 318 g/mol. The second kappa shape index (κ2) is 7.13. The summed E-state index contributed by atoms with van der Waals surface area (Å²) in [7, 11) is 2.03. The van der Waals surface area contributed by atoms with Crippen molar-refractivity contribution in [3.8, 4) is 0 Å². The molecule has 1 heterocycles. The van der Waals surface area contributed by atoms with E-state index >= 15 is 0 Å². The molecule has 0 unspecified atom stereocenters. The number of nitrogens with zero attached hydrogens (tertiary/aromatic N) is 4. The maximum atomic E-state index is 4.65. The molecule has 4 nitrogen and oxygen atoms in total. The van der Waals surface area contributed by atoms with E-state index in [2.05, 4.69) is 51.0 Å². The molecule has 0 fully saturated rings. The number of aryl methyl sites for hydroxylation is 1. The van der Waals surface area contributed by atoms with E-state index in [1.807, 2.05) is 56.4 Å². The van der Waals surface area contributed by atoms with Crippen LogP contribution < -0.4 is 9.80 Å². The third-order valence-corrected chi connectivity index (χ3v) is 3.96. The van der Waals surface area contributed by atoms with Gasteiger partial charge in [0.05, 0.1) is 0 Å². The summed E-state index contributed by atoms with van der Waals surface area (Å²) in [6.45, 7) is 4.91. The number of hydrogen-bond acceptors (Lipinski definition) is 4. The molecule has 0 aliphatic rings. The van der Waals surface area contributed by atoms with Crippen molar-refractivity contribution in [2.24, 2.45) is 0 Å². The first-order valence-electron chi connectivity index (χ1n) is 8.16. The number of rotatable bonds is 5. The van der Waals surface area contributed by atoms with Gasteiger partial charge in [-0.05, 0) is 38.1 Å². The number of anilines is 4. The molecule has 0 aliphatic carbocycles.